The summed E-state index contributed by atoms with van der Waals surface area (Å²) >= 11 is 1.62. The van der Waals surface area contributed by atoms with E-state index in [2.05, 4.69) is 19.2 Å². The molecule has 1 N–H and O–H groups in total. The SMILES string of the molecule is COc1cc(SC)ccc1C(=O)Nc1ccccc1C(C)C. The zero-order chi connectivity index (χ0) is 16.1. The first-order chi connectivity index (χ1) is 10.6. The average Bonchev–Trinajstić information content (AvgIpc) is 2.54. The monoisotopic (exact) mass is 315 g/mol. The second-order valence-electron chi connectivity index (χ2n) is 5.26. The van der Waals surface area contributed by atoms with E-state index in [-0.39, 0.29) is 5.91 Å². The number of hydrogen-bond acceptors (Lipinski definition) is 3. The molecule has 22 heavy (non-hydrogen) atoms. The molecular weight excluding hydrogens is 294 g/mol. The molecule has 0 saturated heterocycles. The average molecular weight is 315 g/mol. The number of amides is 1. The third-order valence-corrected chi connectivity index (χ3v) is 4.21. The van der Waals surface area contributed by atoms with E-state index in [1.165, 1.54) is 0 Å². The number of benzene rings is 2. The lowest BCUT2D eigenvalue weighted by Crippen LogP contribution is -2.14. The first-order valence-electron chi connectivity index (χ1n) is 7.19. The van der Waals surface area contributed by atoms with Crippen molar-refractivity contribution in [3.63, 3.8) is 0 Å². The van der Waals surface area contributed by atoms with Crippen LogP contribution in [0.3, 0.4) is 0 Å². The number of para-hydroxylation sites is 1. The van der Waals surface area contributed by atoms with Crippen LogP contribution in [0, 0.1) is 0 Å². The van der Waals surface area contributed by atoms with E-state index in [0.717, 1.165) is 16.1 Å². The molecule has 4 heteroatoms. The van der Waals surface area contributed by atoms with Gasteiger partial charge in [0.25, 0.3) is 5.91 Å². The lowest BCUT2D eigenvalue weighted by Gasteiger charge is -2.15. The van der Waals surface area contributed by atoms with Crippen LogP contribution >= 0.6 is 11.8 Å². The highest BCUT2D eigenvalue weighted by Crippen LogP contribution is 2.28. The molecule has 0 unspecified atom stereocenters. The molecule has 1 amide bonds. The van der Waals surface area contributed by atoms with Gasteiger partial charge in [-0.2, -0.15) is 0 Å². The van der Waals surface area contributed by atoms with E-state index < -0.39 is 0 Å². The van der Waals surface area contributed by atoms with Crippen molar-refractivity contribution in [2.75, 3.05) is 18.7 Å². The molecule has 116 valence electrons. The van der Waals surface area contributed by atoms with Crippen molar-refractivity contribution in [2.24, 2.45) is 0 Å². The molecule has 2 rings (SSSR count). The highest BCUT2D eigenvalue weighted by atomic mass is 32.2. The number of thioether (sulfide) groups is 1. The third-order valence-electron chi connectivity index (χ3n) is 3.48. The van der Waals surface area contributed by atoms with Crippen molar-refractivity contribution in [1.82, 2.24) is 0 Å². The fraction of sp³-hybridized carbons (Fsp3) is 0.278. The van der Waals surface area contributed by atoms with Crippen LogP contribution in [-0.2, 0) is 0 Å². The summed E-state index contributed by atoms with van der Waals surface area (Å²) in [6, 6.07) is 13.5. The first-order valence-corrected chi connectivity index (χ1v) is 8.41. The predicted octanol–water partition coefficient (Wildman–Crippen LogP) is 4.79. The number of hydrogen-bond donors (Lipinski definition) is 1. The van der Waals surface area contributed by atoms with Gasteiger partial charge in [0.15, 0.2) is 0 Å². The van der Waals surface area contributed by atoms with Crippen LogP contribution in [0.25, 0.3) is 0 Å². The Morgan fingerprint density at radius 2 is 1.91 bits per heavy atom. The maximum absolute atomic E-state index is 12.6. The number of methoxy groups -OCH3 is 1. The topological polar surface area (TPSA) is 38.3 Å². The Balaban J connectivity index is 2.30. The van der Waals surface area contributed by atoms with Gasteiger partial charge in [-0.05, 0) is 42.0 Å². The van der Waals surface area contributed by atoms with Crippen LogP contribution in [0.2, 0.25) is 0 Å². The molecule has 2 aromatic carbocycles. The Morgan fingerprint density at radius 3 is 2.55 bits per heavy atom. The second kappa shape index (κ2) is 7.36. The fourth-order valence-electron chi connectivity index (χ4n) is 2.29. The molecule has 0 bridgehead atoms. The number of carbonyl (C=O) groups excluding carboxylic acids is 1. The summed E-state index contributed by atoms with van der Waals surface area (Å²) in [4.78, 5) is 13.6. The van der Waals surface area contributed by atoms with Gasteiger partial charge in [-0.3, -0.25) is 4.79 Å². The molecule has 0 aliphatic rings. The van der Waals surface area contributed by atoms with E-state index in [1.807, 2.05) is 42.7 Å². The van der Waals surface area contributed by atoms with E-state index in [1.54, 1.807) is 24.9 Å². The molecule has 0 heterocycles. The van der Waals surface area contributed by atoms with Gasteiger partial charge < -0.3 is 10.1 Å². The van der Waals surface area contributed by atoms with Crippen LogP contribution < -0.4 is 10.1 Å². The summed E-state index contributed by atoms with van der Waals surface area (Å²) in [7, 11) is 1.58. The van der Waals surface area contributed by atoms with Crippen molar-refractivity contribution in [1.29, 1.82) is 0 Å². The Bertz CT molecular complexity index is 668. The Morgan fingerprint density at radius 1 is 1.18 bits per heavy atom. The van der Waals surface area contributed by atoms with Crippen molar-refractivity contribution >= 4 is 23.4 Å². The van der Waals surface area contributed by atoms with Crippen molar-refractivity contribution in [3.8, 4) is 5.75 Å². The normalized spacial score (nSPS) is 10.6. The Hall–Kier alpha value is -1.94. The lowest BCUT2D eigenvalue weighted by molar-refractivity contribution is 0.102. The predicted molar refractivity (Wildman–Crippen MR) is 93.3 cm³/mol. The largest absolute Gasteiger partial charge is 0.496 e. The molecule has 0 atom stereocenters. The smallest absolute Gasteiger partial charge is 0.259 e. The highest BCUT2D eigenvalue weighted by molar-refractivity contribution is 7.98. The van der Waals surface area contributed by atoms with Gasteiger partial charge in [0.05, 0.1) is 12.7 Å². The molecule has 0 aromatic heterocycles. The molecule has 0 aliphatic carbocycles. The van der Waals surface area contributed by atoms with E-state index in [9.17, 15) is 4.79 Å². The van der Waals surface area contributed by atoms with E-state index in [4.69, 9.17) is 4.74 Å². The van der Waals surface area contributed by atoms with Crippen LogP contribution in [0.4, 0.5) is 5.69 Å². The molecule has 3 nitrogen and oxygen atoms in total. The lowest BCUT2D eigenvalue weighted by atomic mass is 10.0. The maximum Gasteiger partial charge on any atom is 0.259 e. The molecule has 0 fully saturated rings. The minimum absolute atomic E-state index is 0.155. The molecule has 0 spiro atoms. The second-order valence-corrected chi connectivity index (χ2v) is 6.14. The molecule has 0 aliphatic heterocycles. The summed E-state index contributed by atoms with van der Waals surface area (Å²) in [5.74, 6) is 0.779. The zero-order valence-corrected chi connectivity index (χ0v) is 14.2. The third kappa shape index (κ3) is 3.63. The summed E-state index contributed by atoms with van der Waals surface area (Å²) in [6.07, 6.45) is 1.99. The molecule has 0 radical (unpaired) electrons. The minimum atomic E-state index is -0.155. The number of carbonyl (C=O) groups is 1. The van der Waals surface area contributed by atoms with Crippen LogP contribution in [0.5, 0.6) is 5.75 Å². The number of nitrogens with one attached hydrogen (secondary N) is 1. The standard InChI is InChI=1S/C18H21NO2S/c1-12(2)14-7-5-6-8-16(14)19-18(20)15-10-9-13(22-4)11-17(15)21-3/h5-12H,1-4H3,(H,19,20). The number of ether oxygens (including phenoxy) is 1. The van der Waals surface area contributed by atoms with Crippen molar-refractivity contribution < 1.29 is 9.53 Å². The summed E-state index contributed by atoms with van der Waals surface area (Å²) < 4.78 is 5.35. The van der Waals surface area contributed by atoms with Gasteiger partial charge in [0.1, 0.15) is 5.75 Å². The Kier molecular flexibility index (Phi) is 5.50. The maximum atomic E-state index is 12.6. The van der Waals surface area contributed by atoms with Gasteiger partial charge in [0, 0.05) is 10.6 Å². The zero-order valence-electron chi connectivity index (χ0n) is 13.3. The van der Waals surface area contributed by atoms with E-state index >= 15 is 0 Å². The van der Waals surface area contributed by atoms with Crippen LogP contribution in [0.1, 0.15) is 35.7 Å². The Labute approximate surface area is 136 Å². The highest BCUT2D eigenvalue weighted by Gasteiger charge is 2.15. The van der Waals surface area contributed by atoms with Crippen LogP contribution in [-0.4, -0.2) is 19.3 Å². The van der Waals surface area contributed by atoms with Gasteiger partial charge >= 0.3 is 0 Å². The summed E-state index contributed by atoms with van der Waals surface area (Å²) in [6.45, 7) is 4.22. The molecular formula is C18H21NO2S. The van der Waals surface area contributed by atoms with Gasteiger partial charge in [0.2, 0.25) is 0 Å². The van der Waals surface area contributed by atoms with Gasteiger partial charge in [-0.1, -0.05) is 32.0 Å². The van der Waals surface area contributed by atoms with Gasteiger partial charge in [-0.15, -0.1) is 11.8 Å². The minimum Gasteiger partial charge on any atom is -0.496 e. The van der Waals surface area contributed by atoms with Crippen LogP contribution in [0.15, 0.2) is 47.4 Å². The quantitative estimate of drug-likeness (QED) is 0.806. The number of anilines is 1. The van der Waals surface area contributed by atoms with Crippen molar-refractivity contribution in [2.45, 2.75) is 24.7 Å². The fourth-order valence-corrected chi connectivity index (χ4v) is 2.72. The molecule has 2 aromatic rings. The van der Waals surface area contributed by atoms with Gasteiger partial charge in [-0.25, -0.2) is 0 Å². The van der Waals surface area contributed by atoms with E-state index in [0.29, 0.717) is 17.2 Å². The number of rotatable bonds is 5. The summed E-state index contributed by atoms with van der Waals surface area (Å²) in [5.41, 5.74) is 2.51. The first kappa shape index (κ1) is 16.4. The van der Waals surface area contributed by atoms with Crippen molar-refractivity contribution in [3.05, 3.63) is 53.6 Å². The molecule has 0 saturated carbocycles. The summed E-state index contributed by atoms with van der Waals surface area (Å²) in [5, 5.41) is 2.99.